The van der Waals surface area contributed by atoms with Crippen LogP contribution in [0.5, 0.6) is 0 Å². The molecule has 2 aromatic heterocycles. The Morgan fingerprint density at radius 3 is 2.49 bits per heavy atom. The number of carbonyl (C=O) groups is 1. The van der Waals surface area contributed by atoms with Crippen LogP contribution in [0, 0.1) is 0 Å². The lowest BCUT2D eigenvalue weighted by molar-refractivity contribution is -0.150. The fourth-order valence-electron chi connectivity index (χ4n) is 4.27. The van der Waals surface area contributed by atoms with E-state index in [1.807, 2.05) is 30.3 Å². The van der Waals surface area contributed by atoms with Gasteiger partial charge in [0, 0.05) is 26.2 Å². The number of fused-ring (bicyclic) bond motifs is 1. The molecule has 0 spiro atoms. The molecule has 214 valence electrons. The standard InChI is InChI=1S/C23H24F6N6O2S.ClH/c1-33(13-22(24,25)26)10-11-35-19(37)16-18(32-20(35)23(27,28)29)38-21(31-16)34-9-5-8-15(34)17(36)30-12-14-6-3-2-4-7-14;/h2-4,6-7,15H,5,8-13H2,1H3,(H,30,36);1H/t15-;/m1./s1. The summed E-state index contributed by atoms with van der Waals surface area (Å²) >= 11 is 0.767. The Balaban J connectivity index is 0.00000420. The van der Waals surface area contributed by atoms with Crippen LogP contribution >= 0.6 is 23.7 Å². The SMILES string of the molecule is CN(CCn1c(C(F)(F)F)nc2sc(N3CCC[C@@H]3C(=O)NCc3ccccc3)nc2c1=O)CC(F)(F)F.Cl. The maximum Gasteiger partial charge on any atom is 0.449 e. The van der Waals surface area contributed by atoms with Gasteiger partial charge in [-0.1, -0.05) is 41.7 Å². The lowest BCUT2D eigenvalue weighted by Gasteiger charge is -2.23. The first-order valence-electron chi connectivity index (χ1n) is 11.7. The molecule has 16 heteroatoms. The number of aromatic nitrogens is 3. The van der Waals surface area contributed by atoms with Crippen molar-refractivity contribution in [3.8, 4) is 0 Å². The third kappa shape index (κ3) is 7.39. The Labute approximate surface area is 229 Å². The molecule has 1 saturated heterocycles. The molecule has 0 bridgehead atoms. The third-order valence-corrected chi connectivity index (χ3v) is 7.01. The second-order valence-corrected chi connectivity index (χ2v) is 9.90. The number of rotatable bonds is 8. The second-order valence-electron chi connectivity index (χ2n) is 8.95. The van der Waals surface area contributed by atoms with Crippen LogP contribution < -0.4 is 15.8 Å². The largest absolute Gasteiger partial charge is 0.449 e. The van der Waals surface area contributed by atoms with E-state index in [-0.39, 0.29) is 33.8 Å². The van der Waals surface area contributed by atoms with Crippen LogP contribution in [0.1, 0.15) is 24.2 Å². The Hall–Kier alpha value is -2.91. The van der Waals surface area contributed by atoms with Gasteiger partial charge in [0.2, 0.25) is 11.7 Å². The normalized spacial score (nSPS) is 16.1. The van der Waals surface area contributed by atoms with Crippen LogP contribution in [0.3, 0.4) is 0 Å². The van der Waals surface area contributed by atoms with Crippen molar-refractivity contribution in [2.24, 2.45) is 0 Å². The summed E-state index contributed by atoms with van der Waals surface area (Å²) in [7, 11) is 1.09. The van der Waals surface area contributed by atoms with Crippen LogP contribution in [-0.4, -0.2) is 64.2 Å². The zero-order valence-electron chi connectivity index (χ0n) is 20.6. The smallest absolute Gasteiger partial charge is 0.350 e. The van der Waals surface area contributed by atoms with E-state index in [4.69, 9.17) is 0 Å². The fraction of sp³-hybridized carbons (Fsp3) is 0.478. The molecular formula is C23H25ClF6N6O2S. The number of benzene rings is 1. The molecule has 4 rings (SSSR count). The van der Waals surface area contributed by atoms with Crippen LogP contribution in [0.2, 0.25) is 0 Å². The summed E-state index contributed by atoms with van der Waals surface area (Å²) in [4.78, 5) is 35.9. The topological polar surface area (TPSA) is 83.4 Å². The molecule has 0 saturated carbocycles. The number of hydrogen-bond donors (Lipinski definition) is 1. The molecule has 8 nitrogen and oxygen atoms in total. The number of likely N-dealkylation sites (N-methyl/N-ethyl adjacent to an activating group) is 1. The van der Waals surface area contributed by atoms with Gasteiger partial charge >= 0.3 is 12.4 Å². The van der Waals surface area contributed by atoms with Gasteiger partial charge in [-0.25, -0.2) is 9.97 Å². The van der Waals surface area contributed by atoms with Crippen LogP contribution in [0.25, 0.3) is 10.3 Å². The molecule has 1 N–H and O–H groups in total. The summed E-state index contributed by atoms with van der Waals surface area (Å²) in [6, 6.07) is 8.62. The first-order chi connectivity index (χ1) is 17.8. The van der Waals surface area contributed by atoms with Crippen molar-refractivity contribution in [1.82, 2.24) is 24.8 Å². The van der Waals surface area contributed by atoms with E-state index in [0.717, 1.165) is 28.8 Å². The number of alkyl halides is 6. The number of thiazole rings is 1. The number of nitrogens with zero attached hydrogens (tertiary/aromatic N) is 5. The maximum absolute atomic E-state index is 13.8. The van der Waals surface area contributed by atoms with Crippen molar-refractivity contribution in [2.45, 2.75) is 44.3 Å². The van der Waals surface area contributed by atoms with E-state index in [0.29, 0.717) is 30.5 Å². The van der Waals surface area contributed by atoms with Crippen LogP contribution in [0.15, 0.2) is 35.1 Å². The molecule has 0 unspecified atom stereocenters. The van der Waals surface area contributed by atoms with Crippen LogP contribution in [0.4, 0.5) is 31.5 Å². The van der Waals surface area contributed by atoms with E-state index in [2.05, 4.69) is 15.3 Å². The highest BCUT2D eigenvalue weighted by molar-refractivity contribution is 7.21. The van der Waals surface area contributed by atoms with Gasteiger partial charge in [-0.3, -0.25) is 19.1 Å². The molecule has 1 amide bonds. The first-order valence-corrected chi connectivity index (χ1v) is 12.5. The number of halogens is 7. The number of carbonyl (C=O) groups excluding carboxylic acids is 1. The van der Waals surface area contributed by atoms with E-state index >= 15 is 0 Å². The lowest BCUT2D eigenvalue weighted by atomic mass is 10.2. The minimum absolute atomic E-state index is 0. The van der Waals surface area contributed by atoms with Gasteiger partial charge in [-0.05, 0) is 25.5 Å². The van der Waals surface area contributed by atoms with Gasteiger partial charge in [0.1, 0.15) is 6.04 Å². The molecule has 0 radical (unpaired) electrons. The van der Waals surface area contributed by atoms with Gasteiger partial charge in [0.05, 0.1) is 6.54 Å². The van der Waals surface area contributed by atoms with Crippen molar-refractivity contribution in [1.29, 1.82) is 0 Å². The van der Waals surface area contributed by atoms with Crippen molar-refractivity contribution < 1.29 is 31.1 Å². The van der Waals surface area contributed by atoms with Crippen molar-refractivity contribution in [3.05, 3.63) is 52.1 Å². The maximum atomic E-state index is 13.8. The molecule has 3 heterocycles. The first kappa shape index (κ1) is 30.6. The van der Waals surface area contributed by atoms with E-state index in [9.17, 15) is 35.9 Å². The Bertz CT molecular complexity index is 1350. The fourth-order valence-corrected chi connectivity index (χ4v) is 5.28. The lowest BCUT2D eigenvalue weighted by Crippen LogP contribution is -2.43. The molecule has 1 atom stereocenters. The molecule has 0 aliphatic carbocycles. The van der Waals surface area contributed by atoms with Gasteiger partial charge in [0.15, 0.2) is 15.5 Å². The molecule has 1 aromatic carbocycles. The molecule has 39 heavy (non-hydrogen) atoms. The second kappa shape index (κ2) is 12.1. The molecular weight excluding hydrogens is 574 g/mol. The minimum atomic E-state index is -5.02. The Morgan fingerprint density at radius 2 is 1.85 bits per heavy atom. The van der Waals surface area contributed by atoms with E-state index < -0.39 is 49.4 Å². The zero-order valence-corrected chi connectivity index (χ0v) is 22.2. The highest BCUT2D eigenvalue weighted by Gasteiger charge is 2.39. The molecule has 1 fully saturated rings. The average Bonchev–Trinajstić information content (AvgIpc) is 3.48. The molecule has 3 aromatic rings. The Kier molecular flexibility index (Phi) is 9.49. The summed E-state index contributed by atoms with van der Waals surface area (Å²) in [6.45, 7) is -1.77. The highest BCUT2D eigenvalue weighted by atomic mass is 35.5. The van der Waals surface area contributed by atoms with E-state index in [1.54, 1.807) is 4.90 Å². The zero-order chi connectivity index (χ0) is 27.7. The van der Waals surface area contributed by atoms with E-state index in [1.165, 1.54) is 0 Å². The van der Waals surface area contributed by atoms with Gasteiger partial charge < -0.3 is 10.2 Å². The molecule has 1 aliphatic rings. The quantitative estimate of drug-likeness (QED) is 0.394. The average molecular weight is 599 g/mol. The summed E-state index contributed by atoms with van der Waals surface area (Å²) < 4.78 is 79.4. The number of hydrogen-bond acceptors (Lipinski definition) is 7. The van der Waals surface area contributed by atoms with Crippen molar-refractivity contribution >= 4 is 45.1 Å². The third-order valence-electron chi connectivity index (χ3n) is 6.03. The highest BCUT2D eigenvalue weighted by Crippen LogP contribution is 2.34. The monoisotopic (exact) mass is 598 g/mol. The van der Waals surface area contributed by atoms with Crippen LogP contribution in [-0.2, 0) is 24.1 Å². The predicted molar refractivity (Wildman–Crippen MR) is 136 cm³/mol. The summed E-state index contributed by atoms with van der Waals surface area (Å²) in [5.41, 5.74) is -0.531. The summed E-state index contributed by atoms with van der Waals surface area (Å²) in [6.07, 6.45) is -8.43. The summed E-state index contributed by atoms with van der Waals surface area (Å²) in [5.74, 6) is -1.79. The molecule has 1 aliphatic heterocycles. The number of anilines is 1. The van der Waals surface area contributed by atoms with Crippen molar-refractivity contribution in [2.75, 3.05) is 31.6 Å². The number of amides is 1. The summed E-state index contributed by atoms with van der Waals surface area (Å²) in [5, 5.41) is 3.03. The minimum Gasteiger partial charge on any atom is -0.350 e. The predicted octanol–water partition coefficient (Wildman–Crippen LogP) is 4.07. The Morgan fingerprint density at radius 1 is 1.15 bits per heavy atom. The van der Waals surface area contributed by atoms with Gasteiger partial charge in [-0.2, -0.15) is 26.3 Å². The van der Waals surface area contributed by atoms with Crippen molar-refractivity contribution in [3.63, 3.8) is 0 Å². The van der Waals surface area contributed by atoms with Gasteiger partial charge in [-0.15, -0.1) is 12.4 Å². The van der Waals surface area contributed by atoms with Gasteiger partial charge in [0.25, 0.3) is 5.56 Å². The number of nitrogens with one attached hydrogen (secondary N) is 1.